The lowest BCUT2D eigenvalue weighted by Crippen LogP contribution is -2.17. The van der Waals surface area contributed by atoms with Gasteiger partial charge in [-0.1, -0.05) is 23.7 Å². The summed E-state index contributed by atoms with van der Waals surface area (Å²) in [5.41, 5.74) is 7.06. The molecule has 0 bridgehead atoms. The van der Waals surface area contributed by atoms with E-state index < -0.39 is 11.9 Å². The molecule has 2 rings (SSSR count). The lowest BCUT2D eigenvalue weighted by molar-refractivity contribution is -0.137. The van der Waals surface area contributed by atoms with E-state index in [0.717, 1.165) is 5.56 Å². The Labute approximate surface area is 147 Å². The molecule has 0 aliphatic heterocycles. The van der Waals surface area contributed by atoms with E-state index in [1.165, 1.54) is 11.3 Å². The first-order valence-electron chi connectivity index (χ1n) is 7.07. The van der Waals surface area contributed by atoms with Gasteiger partial charge in [0.25, 0.3) is 5.91 Å². The van der Waals surface area contributed by atoms with Crippen LogP contribution in [-0.4, -0.2) is 22.9 Å². The van der Waals surface area contributed by atoms with Crippen molar-refractivity contribution in [3.8, 4) is 11.1 Å². The van der Waals surface area contributed by atoms with E-state index in [4.69, 9.17) is 22.4 Å². The maximum atomic E-state index is 11.9. The number of aliphatic carboxylic acids is 1. The van der Waals surface area contributed by atoms with Gasteiger partial charge in [0.15, 0.2) is 0 Å². The smallest absolute Gasteiger partial charge is 0.303 e. The summed E-state index contributed by atoms with van der Waals surface area (Å²) in [7, 11) is 0. The number of carbonyl (C=O) groups excluding carboxylic acids is 2. The summed E-state index contributed by atoms with van der Waals surface area (Å²) in [6.45, 7) is 0. The van der Waals surface area contributed by atoms with E-state index in [2.05, 4.69) is 5.32 Å². The number of benzene rings is 1. The van der Waals surface area contributed by atoms with Gasteiger partial charge in [-0.25, -0.2) is 0 Å². The quantitative estimate of drug-likeness (QED) is 0.697. The molecule has 24 heavy (non-hydrogen) atoms. The van der Waals surface area contributed by atoms with Crippen molar-refractivity contribution >= 4 is 45.7 Å². The van der Waals surface area contributed by atoms with E-state index >= 15 is 0 Å². The maximum absolute atomic E-state index is 11.9. The van der Waals surface area contributed by atoms with Crippen LogP contribution in [0.25, 0.3) is 11.1 Å². The van der Waals surface area contributed by atoms with Gasteiger partial charge in [-0.05, 0) is 24.1 Å². The van der Waals surface area contributed by atoms with Crippen molar-refractivity contribution in [1.82, 2.24) is 0 Å². The first-order chi connectivity index (χ1) is 11.4. The highest BCUT2D eigenvalue weighted by Gasteiger charge is 2.19. The fraction of sp³-hybridized carbons (Fsp3) is 0.188. The number of primary amides is 1. The Morgan fingerprint density at radius 2 is 1.83 bits per heavy atom. The first-order valence-corrected chi connectivity index (χ1v) is 8.33. The minimum atomic E-state index is -0.957. The van der Waals surface area contributed by atoms with Crippen LogP contribution in [0, 0.1) is 0 Å². The number of hydrogen-bond donors (Lipinski definition) is 3. The molecule has 126 valence electrons. The number of carboxylic acid groups (broad SMARTS) is 1. The minimum absolute atomic E-state index is 0.0542. The van der Waals surface area contributed by atoms with Gasteiger partial charge in [-0.3, -0.25) is 14.4 Å². The van der Waals surface area contributed by atoms with Crippen molar-refractivity contribution in [2.24, 2.45) is 5.73 Å². The van der Waals surface area contributed by atoms with Crippen molar-refractivity contribution in [2.75, 3.05) is 5.32 Å². The van der Waals surface area contributed by atoms with Crippen molar-refractivity contribution in [3.63, 3.8) is 0 Å². The lowest BCUT2D eigenvalue weighted by Gasteiger charge is -2.06. The van der Waals surface area contributed by atoms with E-state index in [1.54, 1.807) is 29.6 Å². The fourth-order valence-electron chi connectivity index (χ4n) is 2.13. The molecule has 0 saturated carbocycles. The van der Waals surface area contributed by atoms with Gasteiger partial charge in [0.2, 0.25) is 5.91 Å². The van der Waals surface area contributed by atoms with Gasteiger partial charge >= 0.3 is 5.97 Å². The maximum Gasteiger partial charge on any atom is 0.303 e. The van der Waals surface area contributed by atoms with E-state index in [1.807, 2.05) is 0 Å². The number of thiophene rings is 1. The Balaban J connectivity index is 2.19. The first kappa shape index (κ1) is 18.0. The summed E-state index contributed by atoms with van der Waals surface area (Å²) < 4.78 is 0. The third kappa shape index (κ3) is 4.56. The van der Waals surface area contributed by atoms with Crippen molar-refractivity contribution in [2.45, 2.75) is 19.3 Å². The molecular weight excluding hydrogens is 352 g/mol. The average molecular weight is 367 g/mol. The van der Waals surface area contributed by atoms with Crippen LogP contribution < -0.4 is 11.1 Å². The zero-order valence-electron chi connectivity index (χ0n) is 12.5. The molecule has 1 aromatic carbocycles. The molecule has 4 N–H and O–H groups in total. The Morgan fingerprint density at radius 1 is 1.17 bits per heavy atom. The SMILES string of the molecule is NC(=O)c1c(-c2ccc(Cl)cc2)csc1NC(=O)CCCC(=O)O. The fourth-order valence-corrected chi connectivity index (χ4v) is 3.24. The number of amides is 2. The van der Waals surface area contributed by atoms with Crippen LogP contribution in [0.2, 0.25) is 5.02 Å². The number of halogens is 1. The molecule has 6 nitrogen and oxygen atoms in total. The van der Waals surface area contributed by atoms with Crippen LogP contribution in [0.4, 0.5) is 5.00 Å². The molecule has 1 aromatic heterocycles. The average Bonchev–Trinajstić information content (AvgIpc) is 2.91. The molecule has 0 spiro atoms. The van der Waals surface area contributed by atoms with Crippen LogP contribution in [0.5, 0.6) is 0 Å². The molecule has 8 heteroatoms. The second-order valence-corrected chi connectivity index (χ2v) is 6.34. The summed E-state index contributed by atoms with van der Waals surface area (Å²) in [6, 6.07) is 6.91. The van der Waals surface area contributed by atoms with E-state index in [0.29, 0.717) is 15.6 Å². The number of rotatable bonds is 7. The summed E-state index contributed by atoms with van der Waals surface area (Å²) in [5, 5.41) is 13.9. The Morgan fingerprint density at radius 3 is 2.42 bits per heavy atom. The normalized spacial score (nSPS) is 10.4. The highest BCUT2D eigenvalue weighted by molar-refractivity contribution is 7.15. The summed E-state index contributed by atoms with van der Waals surface area (Å²) in [5.74, 6) is -1.97. The number of anilines is 1. The van der Waals surface area contributed by atoms with Gasteiger partial charge in [0, 0.05) is 28.8 Å². The minimum Gasteiger partial charge on any atom is -0.481 e. The zero-order chi connectivity index (χ0) is 17.7. The van der Waals surface area contributed by atoms with E-state index in [-0.39, 0.29) is 30.7 Å². The topological polar surface area (TPSA) is 109 Å². The van der Waals surface area contributed by atoms with Crippen molar-refractivity contribution in [1.29, 1.82) is 0 Å². The highest BCUT2D eigenvalue weighted by Crippen LogP contribution is 2.35. The van der Waals surface area contributed by atoms with Crippen LogP contribution in [0.1, 0.15) is 29.6 Å². The molecule has 0 atom stereocenters. The summed E-state index contributed by atoms with van der Waals surface area (Å²) in [4.78, 5) is 34.2. The zero-order valence-corrected chi connectivity index (χ0v) is 14.1. The largest absolute Gasteiger partial charge is 0.481 e. The second kappa shape index (κ2) is 7.94. The molecule has 0 unspecified atom stereocenters. The number of nitrogens with one attached hydrogen (secondary N) is 1. The molecule has 0 aliphatic carbocycles. The Bertz CT molecular complexity index is 771. The molecule has 0 fully saturated rings. The van der Waals surface area contributed by atoms with Crippen molar-refractivity contribution in [3.05, 3.63) is 40.2 Å². The number of carboxylic acids is 1. The molecule has 2 aromatic rings. The van der Waals surface area contributed by atoms with Gasteiger partial charge < -0.3 is 16.2 Å². The van der Waals surface area contributed by atoms with Gasteiger partial charge in [0.05, 0.1) is 5.56 Å². The third-order valence-electron chi connectivity index (χ3n) is 3.24. The van der Waals surface area contributed by atoms with Gasteiger partial charge in [-0.2, -0.15) is 0 Å². The van der Waals surface area contributed by atoms with Gasteiger partial charge in [0.1, 0.15) is 5.00 Å². The molecule has 1 heterocycles. The molecule has 2 amide bonds. The number of carbonyl (C=O) groups is 3. The Hall–Kier alpha value is -2.38. The highest BCUT2D eigenvalue weighted by atomic mass is 35.5. The van der Waals surface area contributed by atoms with Crippen LogP contribution in [-0.2, 0) is 9.59 Å². The van der Waals surface area contributed by atoms with Crippen molar-refractivity contribution < 1.29 is 19.5 Å². The standard InChI is InChI=1S/C16H15ClN2O4S/c17-10-6-4-9(5-7-10)11-8-24-16(14(11)15(18)23)19-12(20)2-1-3-13(21)22/h4-8H,1-3H2,(H2,18,23)(H,19,20)(H,21,22). The molecule has 0 saturated heterocycles. The predicted molar refractivity (Wildman–Crippen MR) is 93.4 cm³/mol. The second-order valence-electron chi connectivity index (χ2n) is 5.02. The monoisotopic (exact) mass is 366 g/mol. The van der Waals surface area contributed by atoms with E-state index in [9.17, 15) is 14.4 Å². The third-order valence-corrected chi connectivity index (χ3v) is 4.39. The number of nitrogens with two attached hydrogens (primary N) is 1. The van der Waals surface area contributed by atoms with Gasteiger partial charge in [-0.15, -0.1) is 11.3 Å². The molecule has 0 radical (unpaired) electrons. The Kier molecular flexibility index (Phi) is 5.94. The lowest BCUT2D eigenvalue weighted by atomic mass is 10.0. The predicted octanol–water partition coefficient (Wildman–Crippen LogP) is 3.36. The summed E-state index contributed by atoms with van der Waals surface area (Å²) >= 11 is 7.05. The molecule has 0 aliphatic rings. The van der Waals surface area contributed by atoms with Crippen LogP contribution in [0.15, 0.2) is 29.6 Å². The molecular formula is C16H15ClN2O4S. The van der Waals surface area contributed by atoms with Crippen LogP contribution >= 0.6 is 22.9 Å². The van der Waals surface area contributed by atoms with Crippen LogP contribution in [0.3, 0.4) is 0 Å². The summed E-state index contributed by atoms with van der Waals surface area (Å²) in [6.07, 6.45) is 0.192. The number of hydrogen-bond acceptors (Lipinski definition) is 4.